The zero-order chi connectivity index (χ0) is 15.2. The lowest BCUT2D eigenvalue weighted by atomic mass is 10.1. The number of carbonyl (C=O) groups is 1. The van der Waals surface area contributed by atoms with E-state index in [0.29, 0.717) is 23.7 Å². The van der Waals surface area contributed by atoms with Crippen molar-refractivity contribution in [2.24, 2.45) is 0 Å². The summed E-state index contributed by atoms with van der Waals surface area (Å²) >= 11 is 0. The second kappa shape index (κ2) is 6.79. The molecule has 0 aliphatic carbocycles. The van der Waals surface area contributed by atoms with Crippen molar-refractivity contribution < 1.29 is 19.0 Å². The van der Waals surface area contributed by atoms with Gasteiger partial charge in [0.25, 0.3) is 0 Å². The number of hydrogen-bond donors (Lipinski definition) is 0. The van der Waals surface area contributed by atoms with Crippen LogP contribution in [-0.2, 0) is 6.61 Å². The summed E-state index contributed by atoms with van der Waals surface area (Å²) < 4.78 is 16.1. The van der Waals surface area contributed by atoms with Crippen molar-refractivity contribution in [2.45, 2.75) is 13.5 Å². The van der Waals surface area contributed by atoms with Gasteiger partial charge in [0.2, 0.25) is 0 Å². The number of ketones is 1. The summed E-state index contributed by atoms with van der Waals surface area (Å²) in [7, 11) is 3.17. The van der Waals surface area contributed by atoms with Crippen LogP contribution in [0.25, 0.3) is 0 Å². The molecule has 0 amide bonds. The minimum absolute atomic E-state index is 0.0359. The van der Waals surface area contributed by atoms with Gasteiger partial charge in [-0.05, 0) is 36.8 Å². The van der Waals surface area contributed by atoms with Gasteiger partial charge < -0.3 is 14.2 Å². The maximum Gasteiger partial charge on any atom is 0.163 e. The molecule has 0 spiro atoms. The number of methoxy groups -OCH3 is 2. The first-order valence-corrected chi connectivity index (χ1v) is 6.58. The fourth-order valence-electron chi connectivity index (χ4n) is 1.98. The molecule has 0 saturated carbocycles. The molecule has 0 aliphatic rings. The molecular weight excluding hydrogens is 268 g/mol. The fraction of sp³-hybridized carbons (Fsp3) is 0.235. The topological polar surface area (TPSA) is 44.8 Å². The average Bonchev–Trinajstić information content (AvgIpc) is 2.52. The van der Waals surface area contributed by atoms with E-state index in [2.05, 4.69) is 0 Å². The van der Waals surface area contributed by atoms with Gasteiger partial charge in [-0.3, -0.25) is 4.79 Å². The Kier molecular flexibility index (Phi) is 4.82. The number of carbonyl (C=O) groups excluding carboxylic acids is 1. The highest BCUT2D eigenvalue weighted by Gasteiger charge is 2.09. The lowest BCUT2D eigenvalue weighted by Gasteiger charge is -2.11. The van der Waals surface area contributed by atoms with Gasteiger partial charge in [0, 0.05) is 6.07 Å². The highest BCUT2D eigenvalue weighted by molar-refractivity contribution is 5.97. The largest absolute Gasteiger partial charge is 0.497 e. The van der Waals surface area contributed by atoms with Gasteiger partial charge in [-0.1, -0.05) is 12.1 Å². The summed E-state index contributed by atoms with van der Waals surface area (Å²) in [5, 5.41) is 0. The molecular formula is C17H18O4. The summed E-state index contributed by atoms with van der Waals surface area (Å²) in [6.07, 6.45) is 0. The molecule has 2 aromatic rings. The first-order valence-electron chi connectivity index (χ1n) is 6.58. The second-order valence-electron chi connectivity index (χ2n) is 4.56. The van der Waals surface area contributed by atoms with Crippen LogP contribution in [0.4, 0.5) is 0 Å². The van der Waals surface area contributed by atoms with Crippen LogP contribution in [0.3, 0.4) is 0 Å². The number of hydrogen-bond acceptors (Lipinski definition) is 4. The molecule has 21 heavy (non-hydrogen) atoms. The molecule has 0 aliphatic heterocycles. The average molecular weight is 286 g/mol. The van der Waals surface area contributed by atoms with Crippen molar-refractivity contribution in [3.05, 3.63) is 53.6 Å². The van der Waals surface area contributed by atoms with Crippen molar-refractivity contribution >= 4 is 5.78 Å². The molecule has 4 heteroatoms. The predicted molar refractivity (Wildman–Crippen MR) is 80.3 cm³/mol. The van der Waals surface area contributed by atoms with E-state index in [1.165, 1.54) is 14.0 Å². The zero-order valence-corrected chi connectivity index (χ0v) is 12.4. The molecule has 0 atom stereocenters. The minimum atomic E-state index is -0.0359. The van der Waals surface area contributed by atoms with E-state index in [1.807, 2.05) is 24.3 Å². The van der Waals surface area contributed by atoms with E-state index in [4.69, 9.17) is 14.2 Å². The fourth-order valence-corrected chi connectivity index (χ4v) is 1.98. The lowest BCUT2D eigenvalue weighted by Crippen LogP contribution is -2.00. The number of ether oxygens (including phenoxy) is 3. The first kappa shape index (κ1) is 14.9. The van der Waals surface area contributed by atoms with Crippen LogP contribution in [0.1, 0.15) is 22.8 Å². The van der Waals surface area contributed by atoms with Crippen LogP contribution in [0.15, 0.2) is 42.5 Å². The predicted octanol–water partition coefficient (Wildman–Crippen LogP) is 3.49. The van der Waals surface area contributed by atoms with Gasteiger partial charge in [0.05, 0.1) is 19.8 Å². The molecule has 2 rings (SSSR count). The molecule has 0 heterocycles. The Morgan fingerprint density at radius 2 is 1.81 bits per heavy atom. The van der Waals surface area contributed by atoms with Crippen molar-refractivity contribution in [2.75, 3.05) is 14.2 Å². The van der Waals surface area contributed by atoms with Crippen LogP contribution < -0.4 is 14.2 Å². The van der Waals surface area contributed by atoms with Gasteiger partial charge >= 0.3 is 0 Å². The van der Waals surface area contributed by atoms with Gasteiger partial charge in [-0.15, -0.1) is 0 Å². The second-order valence-corrected chi connectivity index (χ2v) is 4.56. The molecule has 0 bridgehead atoms. The van der Waals surface area contributed by atoms with Crippen molar-refractivity contribution in [3.63, 3.8) is 0 Å². The molecule has 0 aromatic heterocycles. The molecule has 0 N–H and O–H groups in total. The summed E-state index contributed by atoms with van der Waals surface area (Å²) in [5.41, 5.74) is 1.55. The molecule has 110 valence electrons. The van der Waals surface area contributed by atoms with Crippen LogP contribution in [0, 0.1) is 0 Å². The molecule has 0 saturated heterocycles. The van der Waals surface area contributed by atoms with Gasteiger partial charge in [-0.2, -0.15) is 0 Å². The molecule has 0 radical (unpaired) electrons. The van der Waals surface area contributed by atoms with Crippen LogP contribution >= 0.6 is 0 Å². The standard InChI is InChI=1S/C17H18O4/c1-12(18)16-8-7-15(10-17(16)20-3)21-11-13-5-4-6-14(9-13)19-2/h4-10H,11H2,1-3H3. The smallest absolute Gasteiger partial charge is 0.163 e. The zero-order valence-electron chi connectivity index (χ0n) is 12.4. The third-order valence-electron chi connectivity index (χ3n) is 3.09. The van der Waals surface area contributed by atoms with Gasteiger partial charge in [0.1, 0.15) is 23.9 Å². The minimum Gasteiger partial charge on any atom is -0.497 e. The van der Waals surface area contributed by atoms with E-state index < -0.39 is 0 Å². The normalized spacial score (nSPS) is 10.0. The van der Waals surface area contributed by atoms with Crippen LogP contribution in [-0.4, -0.2) is 20.0 Å². The third-order valence-corrected chi connectivity index (χ3v) is 3.09. The van der Waals surface area contributed by atoms with E-state index in [0.717, 1.165) is 11.3 Å². The van der Waals surface area contributed by atoms with Gasteiger partial charge in [-0.25, -0.2) is 0 Å². The summed E-state index contributed by atoms with van der Waals surface area (Å²) in [6, 6.07) is 12.9. The van der Waals surface area contributed by atoms with E-state index in [1.54, 1.807) is 25.3 Å². The first-order chi connectivity index (χ1) is 10.1. The number of rotatable bonds is 6. The summed E-state index contributed by atoms with van der Waals surface area (Å²) in [4.78, 5) is 11.5. The summed E-state index contributed by atoms with van der Waals surface area (Å²) in [6.45, 7) is 1.93. The molecule has 0 unspecified atom stereocenters. The Balaban J connectivity index is 2.11. The third kappa shape index (κ3) is 3.75. The highest BCUT2D eigenvalue weighted by atomic mass is 16.5. The molecule has 0 fully saturated rings. The van der Waals surface area contributed by atoms with E-state index >= 15 is 0 Å². The Bertz CT molecular complexity index is 634. The maximum atomic E-state index is 11.5. The van der Waals surface area contributed by atoms with E-state index in [9.17, 15) is 4.79 Å². The lowest BCUT2D eigenvalue weighted by molar-refractivity contribution is 0.101. The van der Waals surface area contributed by atoms with Crippen LogP contribution in [0.2, 0.25) is 0 Å². The Morgan fingerprint density at radius 1 is 1.00 bits per heavy atom. The monoisotopic (exact) mass is 286 g/mol. The van der Waals surface area contributed by atoms with Crippen LogP contribution in [0.5, 0.6) is 17.2 Å². The number of Topliss-reactive ketones (excluding diaryl/α,β-unsaturated/α-hetero) is 1. The van der Waals surface area contributed by atoms with Crippen molar-refractivity contribution in [1.29, 1.82) is 0 Å². The summed E-state index contributed by atoms with van der Waals surface area (Å²) in [5.74, 6) is 1.93. The van der Waals surface area contributed by atoms with E-state index in [-0.39, 0.29) is 5.78 Å². The highest BCUT2D eigenvalue weighted by Crippen LogP contribution is 2.26. The Hall–Kier alpha value is -2.49. The molecule has 2 aromatic carbocycles. The Labute approximate surface area is 124 Å². The molecule has 4 nitrogen and oxygen atoms in total. The maximum absolute atomic E-state index is 11.5. The van der Waals surface area contributed by atoms with Gasteiger partial charge in [0.15, 0.2) is 5.78 Å². The van der Waals surface area contributed by atoms with Crippen molar-refractivity contribution in [1.82, 2.24) is 0 Å². The quantitative estimate of drug-likeness (QED) is 0.763. The number of benzene rings is 2. The van der Waals surface area contributed by atoms with Crippen molar-refractivity contribution in [3.8, 4) is 17.2 Å². The Morgan fingerprint density at radius 3 is 2.48 bits per heavy atom. The SMILES string of the molecule is COc1cccc(COc2ccc(C(C)=O)c(OC)c2)c1.